The number of oxime groups is 4. The van der Waals surface area contributed by atoms with E-state index >= 15 is 0 Å². The van der Waals surface area contributed by atoms with Gasteiger partial charge in [-0.2, -0.15) is 40.6 Å². The van der Waals surface area contributed by atoms with Crippen molar-refractivity contribution in [1.82, 2.24) is 0 Å². The lowest BCUT2D eigenvalue weighted by molar-refractivity contribution is -0.340. The molecule has 0 heterocycles. The lowest BCUT2D eigenvalue weighted by Crippen LogP contribution is -2.42. The molecule has 0 aromatic rings. The number of ether oxygens (including phenoxy) is 13. The first-order valence-electron chi connectivity index (χ1n) is 26.4. The Morgan fingerprint density at radius 2 is 0.519 bits per heavy atom. The van der Waals surface area contributed by atoms with E-state index in [0.717, 1.165) is 0 Å². The van der Waals surface area contributed by atoms with E-state index in [1.165, 1.54) is 24.9 Å². The second kappa shape index (κ2) is 62.4. The molecule has 0 aliphatic carbocycles. The van der Waals surface area contributed by atoms with E-state index in [-0.39, 0.29) is 184 Å². The first kappa shape index (κ1) is 74.2. The Labute approximate surface area is 465 Å². The van der Waals surface area contributed by atoms with Gasteiger partial charge in [0.1, 0.15) is 63.1 Å². The normalized spacial score (nSPS) is 11.9. The molecule has 0 aromatic carbocycles. The van der Waals surface area contributed by atoms with Crippen molar-refractivity contribution >= 4 is 24.9 Å². The summed E-state index contributed by atoms with van der Waals surface area (Å²) in [6, 6.07) is 8.14. The Kier molecular flexibility index (Phi) is 58.5. The molecule has 0 radical (unpaired) electrons. The largest absolute Gasteiger partial charge is 0.378 e. The van der Waals surface area contributed by atoms with E-state index in [0.29, 0.717) is 25.7 Å². The minimum absolute atomic E-state index is 0.0736. The smallest absolute Gasteiger partial charge is 0.125 e. The van der Waals surface area contributed by atoms with Crippen molar-refractivity contribution in [3.05, 3.63) is 0 Å². The Morgan fingerprint density at radius 3 is 0.747 bits per heavy atom. The van der Waals surface area contributed by atoms with Crippen molar-refractivity contribution in [2.75, 3.05) is 159 Å². The molecule has 0 saturated carbocycles. The van der Waals surface area contributed by atoms with E-state index in [2.05, 4.69) is 20.6 Å². The third-order valence-electron chi connectivity index (χ3n) is 9.02. The van der Waals surface area contributed by atoms with Crippen molar-refractivity contribution in [3.63, 3.8) is 0 Å². The monoisotopic (exact) mass is 1130 g/mol. The molecule has 0 saturated heterocycles. The van der Waals surface area contributed by atoms with E-state index in [4.69, 9.17) is 122 Å². The lowest BCUT2D eigenvalue weighted by Gasteiger charge is -2.29. The zero-order valence-electron chi connectivity index (χ0n) is 46.6. The van der Waals surface area contributed by atoms with Crippen LogP contribution in [0.25, 0.3) is 0 Å². The summed E-state index contributed by atoms with van der Waals surface area (Å²) in [7, 11) is 0. The van der Waals surface area contributed by atoms with Gasteiger partial charge in [0.05, 0.1) is 182 Å². The summed E-state index contributed by atoms with van der Waals surface area (Å²) >= 11 is 0. The quantitative estimate of drug-likeness (QED) is 0.0351. The number of hydrogen-bond donors (Lipinski definition) is 0. The second-order valence-corrected chi connectivity index (χ2v) is 15.8. The molecule has 0 fully saturated rings. The first-order valence-corrected chi connectivity index (χ1v) is 26.4. The molecule has 79 heavy (non-hydrogen) atoms. The Hall–Kier alpha value is -4.84. The maximum absolute atomic E-state index is 8.88. The molecule has 29 heteroatoms. The van der Waals surface area contributed by atoms with Gasteiger partial charge in [0.25, 0.3) is 0 Å². The highest BCUT2D eigenvalue weighted by Crippen LogP contribution is 2.12. The van der Waals surface area contributed by atoms with Crippen LogP contribution in [-0.2, 0) is 101 Å². The van der Waals surface area contributed by atoms with E-state index in [1.54, 1.807) is 0 Å². The number of hydrogen-bond acceptors (Lipinski definition) is 29. The van der Waals surface area contributed by atoms with Crippen LogP contribution < -0.4 is 0 Å². The minimum atomic E-state index is -0.928. The van der Waals surface area contributed by atoms with Crippen molar-refractivity contribution in [3.8, 4) is 24.3 Å². The van der Waals surface area contributed by atoms with Crippen LogP contribution in [0.15, 0.2) is 20.6 Å². The van der Waals surface area contributed by atoms with E-state index < -0.39 is 36.6 Å². The minimum Gasteiger partial charge on any atom is -0.378 e. The van der Waals surface area contributed by atoms with Crippen LogP contribution in [0.4, 0.5) is 0 Å². The van der Waals surface area contributed by atoms with Gasteiger partial charge in [-0.3, -0.25) is 0 Å². The molecule has 0 aromatic heterocycles. The van der Waals surface area contributed by atoms with Crippen molar-refractivity contribution in [2.24, 2.45) is 20.6 Å². The Balaban J connectivity index is 7.02. The second-order valence-electron chi connectivity index (χ2n) is 15.8. The average molecular weight is 1140 g/mol. The van der Waals surface area contributed by atoms with Crippen molar-refractivity contribution in [2.45, 2.75) is 116 Å². The maximum Gasteiger partial charge on any atom is 0.125 e. The van der Waals surface area contributed by atoms with Crippen LogP contribution in [0, 0.1) is 45.3 Å². The van der Waals surface area contributed by atoms with Gasteiger partial charge < -0.3 is 61.6 Å². The fourth-order valence-corrected chi connectivity index (χ4v) is 5.25. The van der Waals surface area contributed by atoms with Gasteiger partial charge >= 0.3 is 0 Å². The van der Waals surface area contributed by atoms with Gasteiger partial charge in [-0.25, -0.2) is 20.0 Å². The third kappa shape index (κ3) is 53.6. The van der Waals surface area contributed by atoms with Crippen LogP contribution in [-0.4, -0.2) is 220 Å². The highest BCUT2D eigenvalue weighted by molar-refractivity contribution is 5.56. The van der Waals surface area contributed by atoms with Gasteiger partial charge in [0, 0.05) is 24.9 Å². The summed E-state index contributed by atoms with van der Waals surface area (Å²) in [5, 5.41) is 50.5. The molecule has 0 aliphatic heterocycles. The van der Waals surface area contributed by atoms with Crippen LogP contribution in [0.3, 0.4) is 0 Å². The summed E-state index contributed by atoms with van der Waals surface area (Å²) in [5.41, 5.74) is 0. The van der Waals surface area contributed by atoms with Crippen LogP contribution >= 0.6 is 0 Å². The molecule has 0 N–H and O–H groups in total. The molecule has 0 atom stereocenters. The molecule has 0 aliphatic rings. The van der Waals surface area contributed by atoms with Crippen LogP contribution in [0.2, 0.25) is 0 Å². The summed E-state index contributed by atoms with van der Waals surface area (Å²) < 4.78 is 77.9. The molecule has 29 nitrogen and oxygen atoms in total. The fraction of sp³-hybridized carbons (Fsp3) is 0.840. The fourth-order valence-electron chi connectivity index (χ4n) is 5.25. The van der Waals surface area contributed by atoms with Crippen molar-refractivity contribution in [1.29, 1.82) is 21.0 Å². The topological polar surface area (TPSA) is 338 Å². The van der Waals surface area contributed by atoms with Crippen LogP contribution in [0.5, 0.6) is 0 Å². The summed E-state index contributed by atoms with van der Waals surface area (Å²) in [5.74, 6) is 0. The van der Waals surface area contributed by atoms with Crippen LogP contribution in [0.1, 0.15) is 79.1 Å². The highest BCUT2D eigenvalue weighted by atomic mass is 17.3. The molecule has 0 spiro atoms. The Bertz CT molecular complexity index is 1410. The van der Waals surface area contributed by atoms with Gasteiger partial charge in [0.15, 0.2) is 0 Å². The molecule has 0 unspecified atom stereocenters. The average Bonchev–Trinajstić information content (AvgIpc) is 3.45. The molecule has 0 bridgehead atoms. The van der Waals surface area contributed by atoms with E-state index in [9.17, 15) is 0 Å². The van der Waals surface area contributed by atoms with E-state index in [1.807, 2.05) is 52.0 Å². The molecular formula is C50H86N8O21. The Morgan fingerprint density at radius 1 is 0.291 bits per heavy atom. The maximum atomic E-state index is 8.88. The number of nitrogens with zero attached hydrogens (tertiary/aromatic N) is 8. The van der Waals surface area contributed by atoms with Gasteiger partial charge in [-0.05, 0) is 25.7 Å². The molecular weight excluding hydrogens is 1050 g/mol. The van der Waals surface area contributed by atoms with Gasteiger partial charge in [-0.15, -0.1) is 0 Å². The highest BCUT2D eigenvalue weighted by Gasteiger charge is 2.26. The predicted octanol–water partition coefficient (Wildman–Crippen LogP) is 4.44. The zero-order chi connectivity index (χ0) is 57.4. The summed E-state index contributed by atoms with van der Waals surface area (Å²) in [6.45, 7) is 9.39. The van der Waals surface area contributed by atoms with Crippen molar-refractivity contribution < 1.29 is 101 Å². The summed E-state index contributed by atoms with van der Waals surface area (Å²) in [6.07, 6.45) is 4.62. The first-order chi connectivity index (χ1) is 39.0. The van der Waals surface area contributed by atoms with Gasteiger partial charge in [-0.1, -0.05) is 48.3 Å². The van der Waals surface area contributed by atoms with Gasteiger partial charge in [0.2, 0.25) is 0 Å². The number of nitriles is 4. The molecule has 0 amide bonds. The summed E-state index contributed by atoms with van der Waals surface area (Å²) in [4.78, 5) is 41.0. The lowest BCUT2D eigenvalue weighted by atomic mass is 10.3. The predicted molar refractivity (Wildman–Crippen MR) is 278 cm³/mol. The molecule has 0 rings (SSSR count). The third-order valence-corrected chi connectivity index (χ3v) is 9.02. The molecule has 452 valence electrons. The zero-order valence-corrected chi connectivity index (χ0v) is 46.6. The standard InChI is InChI=1S/C50H86N8O21/c1-5-17-55-76-71-41-47(42-72-77-56-18-6-2)69-39-50(40-70-48(43-73-78-57-19-7-3)44-74-79-58-20-8-4)75-49(37-67-45(33-63-29-25-59-21-9-13-51)34-64-30-26-60-22-10-14-52)38-68-46(35-65-31-27-61-23-11-15-53)36-66-32-28-62-24-12-16-54/h17-20,45-50H,5-12,21-44H2,1-4H3/b55-17+,56-18+,57-19+,58-20+. The number of rotatable bonds is 62. The SMILES string of the molecule is CC/C=N/OOCC(COO/N=C/CC)OCC(COC(COO/N=C/CC)COO/N=C/CC)OC(COC(COCCOCCC#N)COCCOCCC#N)COC(COCCOCCC#N)COCCOCCC#N.